The van der Waals surface area contributed by atoms with E-state index in [1.165, 1.54) is 45.8 Å². The van der Waals surface area contributed by atoms with Crippen LogP contribution in [0.2, 0.25) is 15.2 Å². The molecule has 1 aliphatic rings. The topological polar surface area (TPSA) is 91.0 Å². The first-order valence-electron chi connectivity index (χ1n) is 12.2. The molecule has 0 unspecified atom stereocenters. The molecule has 42 heavy (non-hydrogen) atoms. The Kier molecular flexibility index (Phi) is 8.10. The molecular formula is C26H19Cl3F4N5O4+. The molecule has 3 aromatic heterocycles. The number of fused-ring (bicyclic) bond motifs is 1. The first kappa shape index (κ1) is 29.7. The van der Waals surface area contributed by atoms with Crippen LogP contribution in [0, 0.1) is 5.82 Å². The first-order chi connectivity index (χ1) is 19.8. The summed E-state index contributed by atoms with van der Waals surface area (Å²) in [7, 11) is 0. The quantitative estimate of drug-likeness (QED) is 0.261. The number of hydrogen-bond acceptors (Lipinski definition) is 5. The van der Waals surface area contributed by atoms with Crippen LogP contribution in [-0.4, -0.2) is 58.5 Å². The van der Waals surface area contributed by atoms with Crippen molar-refractivity contribution in [3.63, 3.8) is 0 Å². The van der Waals surface area contributed by atoms with E-state index in [1.807, 2.05) is 0 Å². The summed E-state index contributed by atoms with van der Waals surface area (Å²) in [6.45, 7) is 0.336. The number of carbonyl (C=O) groups is 2. The van der Waals surface area contributed by atoms with Crippen LogP contribution in [0.3, 0.4) is 0 Å². The number of benzene rings is 1. The molecular weight excluding hydrogens is 629 g/mol. The number of halogens is 7. The zero-order chi connectivity index (χ0) is 30.3. The Balaban J connectivity index is 1.33. The van der Waals surface area contributed by atoms with E-state index in [0.29, 0.717) is 16.0 Å². The number of anilines is 1. The van der Waals surface area contributed by atoms with Crippen LogP contribution in [0.4, 0.5) is 23.4 Å². The third-order valence-electron chi connectivity index (χ3n) is 6.60. The molecule has 4 heterocycles. The summed E-state index contributed by atoms with van der Waals surface area (Å²) in [5.41, 5.74) is 0.732. The third-order valence-corrected chi connectivity index (χ3v) is 7.65. The lowest BCUT2D eigenvalue weighted by Gasteiger charge is -2.31. The van der Waals surface area contributed by atoms with Crippen LogP contribution in [0.15, 0.2) is 53.6 Å². The maximum absolute atomic E-state index is 14.8. The van der Waals surface area contributed by atoms with Gasteiger partial charge in [0.1, 0.15) is 40.8 Å². The van der Waals surface area contributed by atoms with Crippen molar-refractivity contribution in [2.75, 3.05) is 31.1 Å². The van der Waals surface area contributed by atoms with Crippen LogP contribution in [-0.2, 0) is 11.2 Å². The average molecular weight is 648 g/mol. The summed E-state index contributed by atoms with van der Waals surface area (Å²) in [5, 5.41) is 0.341. The van der Waals surface area contributed by atoms with Crippen molar-refractivity contribution in [3.05, 3.63) is 97.0 Å². The molecule has 1 aliphatic heterocycles. The molecule has 1 fully saturated rings. The maximum Gasteiger partial charge on any atom is 0.495 e. The van der Waals surface area contributed by atoms with Crippen LogP contribution >= 0.6 is 34.8 Å². The standard InChI is InChI=1S/C26H18Cl3F4N5O4/c27-17-2-1-5-37(42-25(41)26(31,32)33)23(17)35-6-8-36(9-7-35)24(40)16-11-14(3-4-19(16)30)10-15-13-34-22(39)20-12-18(28)21(29)38(15)20/h1-5,11-13H,6-10H2/p+1. The second-order valence-electron chi connectivity index (χ2n) is 9.27. The Morgan fingerprint density at radius 3 is 2.43 bits per heavy atom. The molecule has 1 N–H and O–H groups in total. The van der Waals surface area contributed by atoms with Gasteiger partial charge in [-0.1, -0.05) is 40.9 Å². The Bertz CT molecular complexity index is 1770. The lowest BCUT2D eigenvalue weighted by molar-refractivity contribution is -0.860. The lowest BCUT2D eigenvalue weighted by atomic mass is 10.0. The molecule has 1 saturated heterocycles. The van der Waals surface area contributed by atoms with Crippen molar-refractivity contribution >= 4 is 58.0 Å². The second kappa shape index (κ2) is 11.5. The number of carbonyl (C=O) groups excluding carboxylic acids is 2. The van der Waals surface area contributed by atoms with Gasteiger partial charge in [0, 0.05) is 18.3 Å². The Labute approximate surface area is 249 Å². The van der Waals surface area contributed by atoms with E-state index in [1.54, 1.807) is 4.90 Å². The molecule has 0 spiro atoms. The molecule has 1 amide bonds. The van der Waals surface area contributed by atoms with Crippen molar-refractivity contribution in [2.45, 2.75) is 12.6 Å². The van der Waals surface area contributed by atoms with Crippen LogP contribution in [0.5, 0.6) is 0 Å². The lowest BCUT2D eigenvalue weighted by Crippen LogP contribution is -2.57. The number of aromatic nitrogens is 3. The minimum absolute atomic E-state index is 0.00645. The van der Waals surface area contributed by atoms with Gasteiger partial charge in [0.2, 0.25) is 0 Å². The molecule has 0 radical (unpaired) electrons. The van der Waals surface area contributed by atoms with Gasteiger partial charge in [-0.05, 0) is 40.6 Å². The van der Waals surface area contributed by atoms with Gasteiger partial charge >= 0.3 is 18.0 Å². The molecule has 0 aliphatic carbocycles. The van der Waals surface area contributed by atoms with Crippen LogP contribution in [0.1, 0.15) is 21.6 Å². The van der Waals surface area contributed by atoms with Gasteiger partial charge < -0.3 is 9.88 Å². The Hall–Kier alpha value is -3.81. The van der Waals surface area contributed by atoms with Gasteiger partial charge in [-0.3, -0.25) is 18.9 Å². The highest BCUT2D eigenvalue weighted by Crippen LogP contribution is 2.28. The predicted molar refractivity (Wildman–Crippen MR) is 145 cm³/mol. The predicted octanol–water partition coefficient (Wildman–Crippen LogP) is 4.09. The number of hydrogen-bond donors (Lipinski definition) is 1. The number of H-pyrrole nitrogens is 1. The van der Waals surface area contributed by atoms with Crippen molar-refractivity contribution in [1.82, 2.24) is 14.3 Å². The number of piperazine rings is 1. The largest absolute Gasteiger partial charge is 0.495 e. The summed E-state index contributed by atoms with van der Waals surface area (Å²) < 4.78 is 55.2. The first-order valence-corrected chi connectivity index (χ1v) is 13.4. The van der Waals surface area contributed by atoms with E-state index in [4.69, 9.17) is 34.8 Å². The van der Waals surface area contributed by atoms with Crippen molar-refractivity contribution in [3.8, 4) is 0 Å². The Morgan fingerprint density at radius 1 is 1.02 bits per heavy atom. The molecule has 9 nitrogen and oxygen atoms in total. The Morgan fingerprint density at radius 2 is 1.74 bits per heavy atom. The highest BCUT2D eigenvalue weighted by atomic mass is 35.5. The number of pyridine rings is 1. The maximum atomic E-state index is 14.8. The van der Waals surface area contributed by atoms with E-state index in [-0.39, 0.29) is 64.7 Å². The number of amides is 1. The molecule has 5 rings (SSSR count). The molecule has 1 aromatic carbocycles. The summed E-state index contributed by atoms with van der Waals surface area (Å²) in [6, 6.07) is 8.21. The summed E-state index contributed by atoms with van der Waals surface area (Å²) in [4.78, 5) is 46.9. The number of nitrogens with zero attached hydrogens (tertiary/aromatic N) is 4. The van der Waals surface area contributed by atoms with E-state index in [2.05, 4.69) is 9.82 Å². The van der Waals surface area contributed by atoms with Crippen molar-refractivity contribution in [1.29, 1.82) is 0 Å². The highest BCUT2D eigenvalue weighted by molar-refractivity contribution is 6.42. The van der Waals surface area contributed by atoms with Gasteiger partial charge in [0.15, 0.2) is 0 Å². The molecule has 16 heteroatoms. The fraction of sp³-hybridized carbons (Fsp3) is 0.231. The third kappa shape index (κ3) is 5.76. The van der Waals surface area contributed by atoms with E-state index in [9.17, 15) is 31.9 Å². The number of alkyl halides is 3. The fourth-order valence-corrected chi connectivity index (χ4v) is 5.35. The molecule has 0 saturated carbocycles. The SMILES string of the molecule is O=C(c1cc(Cc2c[nH]c(=O)c3cc(Cl)c(Cl)n23)ccc1F)N1CCN(c2c(Cl)ccc[n+]2OC(=O)C(F)(F)F)CC1. The molecule has 4 aromatic rings. The zero-order valence-electron chi connectivity index (χ0n) is 21.2. The average Bonchev–Trinajstić information content (AvgIpc) is 3.25. The summed E-state index contributed by atoms with van der Waals surface area (Å²) in [5.74, 6) is -3.78. The van der Waals surface area contributed by atoms with Gasteiger partial charge in [0.05, 0.1) is 23.7 Å². The zero-order valence-corrected chi connectivity index (χ0v) is 23.5. The van der Waals surface area contributed by atoms with E-state index >= 15 is 0 Å². The van der Waals surface area contributed by atoms with Gasteiger partial charge in [-0.2, -0.15) is 13.2 Å². The second-order valence-corrected chi connectivity index (χ2v) is 10.4. The molecule has 0 atom stereocenters. The smallest absolute Gasteiger partial charge is 0.331 e. The van der Waals surface area contributed by atoms with Gasteiger partial charge in [-0.15, -0.1) is 0 Å². The van der Waals surface area contributed by atoms with E-state index < -0.39 is 29.4 Å². The monoisotopic (exact) mass is 646 g/mol. The summed E-state index contributed by atoms with van der Waals surface area (Å²) in [6.07, 6.45) is -2.49. The number of aromatic amines is 1. The van der Waals surface area contributed by atoms with Crippen molar-refractivity contribution < 1.29 is 36.7 Å². The van der Waals surface area contributed by atoms with Gasteiger partial charge in [-0.25, -0.2) is 14.0 Å². The van der Waals surface area contributed by atoms with Crippen LogP contribution < -0.4 is 20.0 Å². The number of rotatable bonds is 5. The minimum atomic E-state index is -5.22. The highest BCUT2D eigenvalue weighted by Gasteiger charge is 2.44. The molecule has 220 valence electrons. The van der Waals surface area contributed by atoms with Crippen LogP contribution in [0.25, 0.3) is 5.52 Å². The fourth-order valence-electron chi connectivity index (χ4n) is 4.63. The minimum Gasteiger partial charge on any atom is -0.331 e. The summed E-state index contributed by atoms with van der Waals surface area (Å²) >= 11 is 18.6. The van der Waals surface area contributed by atoms with Crippen molar-refractivity contribution in [2.24, 2.45) is 0 Å². The van der Waals surface area contributed by atoms with E-state index in [0.717, 1.165) is 12.3 Å². The molecule has 0 bridgehead atoms. The number of nitrogens with one attached hydrogen (secondary N) is 1. The van der Waals surface area contributed by atoms with Gasteiger partial charge in [0.25, 0.3) is 11.5 Å². The normalized spacial score (nSPS) is 14.0.